The van der Waals surface area contributed by atoms with Crippen LogP contribution in [0.2, 0.25) is 0 Å². The average molecular weight is 270 g/mol. The molecule has 2 heteroatoms. The highest BCUT2D eigenvalue weighted by atomic mass is 16.1. The lowest BCUT2D eigenvalue weighted by Gasteiger charge is -2.19. The highest BCUT2D eigenvalue weighted by molar-refractivity contribution is 5.94. The van der Waals surface area contributed by atoms with Crippen LogP contribution in [-0.4, -0.2) is 11.6 Å². The molecule has 0 spiro atoms. The van der Waals surface area contributed by atoms with Crippen molar-refractivity contribution >= 4 is 11.6 Å². The molecule has 0 aromatic heterocycles. The minimum Gasteiger partial charge on any atom is -0.300 e. The van der Waals surface area contributed by atoms with Gasteiger partial charge in [-0.05, 0) is 50.3 Å². The maximum Gasteiger partial charge on any atom is 0.145 e. The van der Waals surface area contributed by atoms with E-state index >= 15 is 0 Å². The number of rotatable bonds is 3. The molecule has 0 N–H and O–H groups in total. The zero-order valence-electron chi connectivity index (χ0n) is 12.7. The Morgan fingerprint density at radius 2 is 1.80 bits per heavy atom. The Morgan fingerprint density at radius 3 is 2.30 bits per heavy atom. The number of carbonyl (C=O) groups excluding carboxylic acids is 2. The van der Waals surface area contributed by atoms with Crippen molar-refractivity contribution in [3.05, 3.63) is 46.5 Å². The second-order valence-corrected chi connectivity index (χ2v) is 6.09. The van der Waals surface area contributed by atoms with Gasteiger partial charge < -0.3 is 4.79 Å². The molecule has 106 valence electrons. The lowest BCUT2D eigenvalue weighted by molar-refractivity contribution is -0.119. The van der Waals surface area contributed by atoms with Crippen molar-refractivity contribution in [2.75, 3.05) is 0 Å². The van der Waals surface area contributed by atoms with Crippen LogP contribution in [0.1, 0.15) is 47.9 Å². The van der Waals surface area contributed by atoms with Gasteiger partial charge in [-0.3, -0.25) is 4.79 Å². The molecule has 2 rings (SSSR count). The Bertz CT molecular complexity index is 572. The molecule has 0 heterocycles. The van der Waals surface area contributed by atoms with E-state index in [4.69, 9.17) is 0 Å². The molecule has 1 aliphatic rings. The van der Waals surface area contributed by atoms with Crippen molar-refractivity contribution in [1.82, 2.24) is 0 Å². The maximum absolute atomic E-state index is 12.4. The van der Waals surface area contributed by atoms with E-state index in [9.17, 15) is 9.59 Å². The van der Waals surface area contributed by atoms with Crippen molar-refractivity contribution in [1.29, 1.82) is 0 Å². The van der Waals surface area contributed by atoms with Gasteiger partial charge in [0, 0.05) is 12.8 Å². The van der Waals surface area contributed by atoms with Crippen LogP contribution in [0.3, 0.4) is 0 Å². The highest BCUT2D eigenvalue weighted by Gasteiger charge is 2.38. The van der Waals surface area contributed by atoms with Crippen LogP contribution in [0.4, 0.5) is 0 Å². The molecular weight excluding hydrogens is 248 g/mol. The monoisotopic (exact) mass is 270 g/mol. The molecule has 0 saturated heterocycles. The number of benzene rings is 1. The van der Waals surface area contributed by atoms with Crippen LogP contribution in [-0.2, 0) is 9.59 Å². The fourth-order valence-corrected chi connectivity index (χ4v) is 3.48. The summed E-state index contributed by atoms with van der Waals surface area (Å²) in [7, 11) is 0. The second-order valence-electron chi connectivity index (χ2n) is 6.09. The predicted molar refractivity (Wildman–Crippen MR) is 80.9 cm³/mol. The van der Waals surface area contributed by atoms with E-state index in [0.29, 0.717) is 12.8 Å². The highest BCUT2D eigenvalue weighted by Crippen LogP contribution is 2.43. The Balaban J connectivity index is 2.41. The molecule has 1 aromatic carbocycles. The Morgan fingerprint density at radius 1 is 1.25 bits per heavy atom. The van der Waals surface area contributed by atoms with Crippen molar-refractivity contribution in [3.8, 4) is 0 Å². The summed E-state index contributed by atoms with van der Waals surface area (Å²) in [6.45, 7) is 11.9. The van der Waals surface area contributed by atoms with Gasteiger partial charge in [-0.2, -0.15) is 0 Å². The average Bonchev–Trinajstić information content (AvgIpc) is 2.54. The number of allylic oxidation sites excluding steroid dienone is 1. The fourth-order valence-electron chi connectivity index (χ4n) is 3.48. The lowest BCUT2D eigenvalue weighted by atomic mass is 9.84. The van der Waals surface area contributed by atoms with E-state index < -0.39 is 0 Å². The third kappa shape index (κ3) is 2.60. The summed E-state index contributed by atoms with van der Waals surface area (Å²) < 4.78 is 0. The van der Waals surface area contributed by atoms with Crippen LogP contribution in [0.25, 0.3) is 0 Å². The van der Waals surface area contributed by atoms with Gasteiger partial charge in [0.05, 0.1) is 5.92 Å². The molecule has 20 heavy (non-hydrogen) atoms. The topological polar surface area (TPSA) is 34.1 Å². The fraction of sp³-hybridized carbons (Fsp3) is 0.444. The van der Waals surface area contributed by atoms with E-state index in [2.05, 4.69) is 25.6 Å². The molecular formula is C18H22O2. The number of Topliss-reactive ketones (excluding diaryl/α,β-unsaturated/α-hetero) is 2. The van der Waals surface area contributed by atoms with Crippen LogP contribution >= 0.6 is 0 Å². The lowest BCUT2D eigenvalue weighted by Crippen LogP contribution is -2.10. The SMILES string of the molecule is C=C1C(CC(C)=O)CC(=O)C1c1c(C)cc(C)cc1C. The first-order valence-corrected chi connectivity index (χ1v) is 7.09. The molecule has 0 aliphatic heterocycles. The summed E-state index contributed by atoms with van der Waals surface area (Å²) in [4.78, 5) is 23.7. The second kappa shape index (κ2) is 5.35. The molecule has 0 radical (unpaired) electrons. The summed E-state index contributed by atoms with van der Waals surface area (Å²) in [6.07, 6.45) is 0.890. The largest absolute Gasteiger partial charge is 0.300 e. The molecule has 1 saturated carbocycles. The standard InChI is InChI=1S/C18H22O2/c1-10-6-11(2)17(12(3)7-10)18-14(5)15(8-13(4)19)9-16(18)20/h6-7,15,18H,5,8-9H2,1-4H3. The minimum atomic E-state index is -0.222. The van der Waals surface area contributed by atoms with Crippen LogP contribution in [0.5, 0.6) is 0 Å². The zero-order valence-corrected chi connectivity index (χ0v) is 12.7. The van der Waals surface area contributed by atoms with Gasteiger partial charge in [0.15, 0.2) is 0 Å². The van der Waals surface area contributed by atoms with Gasteiger partial charge in [-0.25, -0.2) is 0 Å². The Hall–Kier alpha value is -1.70. The van der Waals surface area contributed by atoms with Crippen molar-refractivity contribution in [3.63, 3.8) is 0 Å². The third-order valence-electron chi connectivity index (χ3n) is 4.23. The van der Waals surface area contributed by atoms with Gasteiger partial charge in [0.2, 0.25) is 0 Å². The molecule has 2 nitrogen and oxygen atoms in total. The Kier molecular flexibility index (Phi) is 3.94. The number of carbonyl (C=O) groups is 2. The summed E-state index contributed by atoms with van der Waals surface area (Å²) in [5, 5.41) is 0. The van der Waals surface area contributed by atoms with E-state index in [1.807, 2.05) is 13.8 Å². The molecule has 1 aromatic rings. The van der Waals surface area contributed by atoms with Gasteiger partial charge in [-0.1, -0.05) is 29.8 Å². The normalized spacial score (nSPS) is 22.4. The Labute approximate surface area is 120 Å². The number of ketones is 2. The molecule has 1 fully saturated rings. The van der Waals surface area contributed by atoms with Crippen LogP contribution in [0.15, 0.2) is 24.3 Å². The summed E-state index contributed by atoms with van der Waals surface area (Å²) in [6, 6.07) is 4.22. The molecule has 2 unspecified atom stereocenters. The van der Waals surface area contributed by atoms with Gasteiger partial charge >= 0.3 is 0 Å². The predicted octanol–water partition coefficient (Wildman–Crippen LogP) is 3.82. The molecule has 2 atom stereocenters. The van der Waals surface area contributed by atoms with Gasteiger partial charge in [-0.15, -0.1) is 0 Å². The molecule has 0 amide bonds. The van der Waals surface area contributed by atoms with E-state index in [0.717, 1.165) is 22.3 Å². The van der Waals surface area contributed by atoms with Gasteiger partial charge in [0.1, 0.15) is 11.6 Å². The molecule has 0 bridgehead atoms. The minimum absolute atomic E-state index is 0.0186. The number of hydrogen-bond donors (Lipinski definition) is 0. The van der Waals surface area contributed by atoms with Crippen LogP contribution in [0, 0.1) is 26.7 Å². The quantitative estimate of drug-likeness (QED) is 0.782. The summed E-state index contributed by atoms with van der Waals surface area (Å²) >= 11 is 0. The van der Waals surface area contributed by atoms with E-state index in [1.54, 1.807) is 6.92 Å². The maximum atomic E-state index is 12.4. The molecule has 1 aliphatic carbocycles. The third-order valence-corrected chi connectivity index (χ3v) is 4.23. The summed E-state index contributed by atoms with van der Waals surface area (Å²) in [5.41, 5.74) is 5.51. The van der Waals surface area contributed by atoms with Crippen molar-refractivity contribution < 1.29 is 9.59 Å². The van der Waals surface area contributed by atoms with Crippen molar-refractivity contribution in [2.24, 2.45) is 5.92 Å². The zero-order chi connectivity index (χ0) is 15.0. The van der Waals surface area contributed by atoms with Crippen molar-refractivity contribution in [2.45, 2.75) is 46.5 Å². The smallest absolute Gasteiger partial charge is 0.145 e. The first-order valence-electron chi connectivity index (χ1n) is 7.09. The van der Waals surface area contributed by atoms with E-state index in [1.165, 1.54) is 5.56 Å². The first-order chi connectivity index (χ1) is 9.31. The summed E-state index contributed by atoms with van der Waals surface area (Å²) in [5.74, 6) is 0.128. The number of hydrogen-bond acceptors (Lipinski definition) is 2. The van der Waals surface area contributed by atoms with Gasteiger partial charge in [0.25, 0.3) is 0 Å². The first kappa shape index (κ1) is 14.7. The number of aryl methyl sites for hydroxylation is 3. The van der Waals surface area contributed by atoms with E-state index in [-0.39, 0.29) is 23.4 Å². The van der Waals surface area contributed by atoms with Crippen LogP contribution < -0.4 is 0 Å².